The van der Waals surface area contributed by atoms with Crippen molar-refractivity contribution in [2.45, 2.75) is 26.8 Å². The Morgan fingerprint density at radius 3 is 2.63 bits per heavy atom. The Labute approximate surface area is 174 Å². The first-order valence-corrected chi connectivity index (χ1v) is 10.0. The van der Waals surface area contributed by atoms with Crippen LogP contribution >= 0.6 is 0 Å². The van der Waals surface area contributed by atoms with Crippen LogP contribution in [0.4, 0.5) is 5.69 Å². The molecule has 1 aliphatic rings. The SMILES string of the molecule is Cc1cc(=O)n(CCC(=O)N2CC(C(=O)Nc3cnn(C)c3C)C2)c2ccccc12. The second-order valence-corrected chi connectivity index (χ2v) is 7.84. The number of nitrogens with zero attached hydrogens (tertiary/aromatic N) is 4. The summed E-state index contributed by atoms with van der Waals surface area (Å²) in [5, 5.41) is 8.00. The lowest BCUT2D eigenvalue weighted by Crippen LogP contribution is -2.54. The van der Waals surface area contributed by atoms with Crippen molar-refractivity contribution in [3.8, 4) is 0 Å². The normalized spacial score (nSPS) is 14.0. The quantitative estimate of drug-likeness (QED) is 0.699. The number of carbonyl (C=O) groups is 2. The Morgan fingerprint density at radius 2 is 1.93 bits per heavy atom. The zero-order valence-corrected chi connectivity index (χ0v) is 17.4. The van der Waals surface area contributed by atoms with E-state index in [2.05, 4.69) is 10.4 Å². The molecule has 8 nitrogen and oxygen atoms in total. The summed E-state index contributed by atoms with van der Waals surface area (Å²) >= 11 is 0. The number of amides is 2. The van der Waals surface area contributed by atoms with Gasteiger partial charge >= 0.3 is 0 Å². The number of pyridine rings is 1. The topological polar surface area (TPSA) is 89.2 Å². The molecule has 3 aromatic rings. The third-order valence-corrected chi connectivity index (χ3v) is 5.87. The largest absolute Gasteiger partial charge is 0.341 e. The summed E-state index contributed by atoms with van der Waals surface area (Å²) in [6, 6.07) is 9.32. The zero-order valence-electron chi connectivity index (χ0n) is 17.4. The summed E-state index contributed by atoms with van der Waals surface area (Å²) in [5.41, 5.74) is 3.23. The van der Waals surface area contributed by atoms with E-state index >= 15 is 0 Å². The first-order valence-electron chi connectivity index (χ1n) is 10.0. The van der Waals surface area contributed by atoms with Crippen molar-refractivity contribution in [1.82, 2.24) is 19.2 Å². The summed E-state index contributed by atoms with van der Waals surface area (Å²) in [5.74, 6) is -0.374. The fourth-order valence-electron chi connectivity index (χ4n) is 3.80. The van der Waals surface area contributed by atoms with Crippen LogP contribution in [0.25, 0.3) is 10.9 Å². The molecule has 8 heteroatoms. The molecule has 30 heavy (non-hydrogen) atoms. The molecule has 4 rings (SSSR count). The molecule has 1 fully saturated rings. The molecule has 1 N–H and O–H groups in total. The second-order valence-electron chi connectivity index (χ2n) is 7.84. The number of aromatic nitrogens is 3. The van der Waals surface area contributed by atoms with E-state index in [1.807, 2.05) is 45.2 Å². The minimum absolute atomic E-state index is 0.0480. The molecule has 0 aliphatic carbocycles. The third kappa shape index (κ3) is 3.60. The van der Waals surface area contributed by atoms with Crippen molar-refractivity contribution in [2.75, 3.05) is 18.4 Å². The van der Waals surface area contributed by atoms with Crippen molar-refractivity contribution in [1.29, 1.82) is 0 Å². The van der Waals surface area contributed by atoms with Crippen molar-refractivity contribution in [3.05, 3.63) is 58.1 Å². The molecule has 1 aliphatic heterocycles. The Morgan fingerprint density at radius 1 is 1.20 bits per heavy atom. The minimum Gasteiger partial charge on any atom is -0.341 e. The number of para-hydroxylation sites is 1. The molecule has 2 amide bonds. The highest BCUT2D eigenvalue weighted by Gasteiger charge is 2.35. The molecule has 0 saturated carbocycles. The van der Waals surface area contributed by atoms with Crippen LogP contribution in [0.1, 0.15) is 17.7 Å². The van der Waals surface area contributed by atoms with Crippen molar-refractivity contribution in [3.63, 3.8) is 0 Å². The van der Waals surface area contributed by atoms with Gasteiger partial charge in [-0.3, -0.25) is 19.1 Å². The molecule has 0 bridgehead atoms. The maximum absolute atomic E-state index is 12.6. The molecule has 0 unspecified atom stereocenters. The van der Waals surface area contributed by atoms with E-state index in [1.165, 1.54) is 0 Å². The number of hydrogen-bond acceptors (Lipinski definition) is 4. The first kappa shape index (κ1) is 19.9. The summed E-state index contributed by atoms with van der Waals surface area (Å²) in [6.07, 6.45) is 1.85. The Balaban J connectivity index is 1.35. The maximum atomic E-state index is 12.6. The van der Waals surface area contributed by atoms with Gasteiger partial charge in [-0.1, -0.05) is 18.2 Å². The van der Waals surface area contributed by atoms with Gasteiger partial charge in [-0.2, -0.15) is 5.10 Å². The zero-order chi connectivity index (χ0) is 21.4. The van der Waals surface area contributed by atoms with Gasteiger partial charge in [0, 0.05) is 44.6 Å². The van der Waals surface area contributed by atoms with Crippen LogP contribution in [0, 0.1) is 19.8 Å². The highest BCUT2D eigenvalue weighted by Crippen LogP contribution is 2.21. The van der Waals surface area contributed by atoms with Gasteiger partial charge in [0.25, 0.3) is 5.56 Å². The smallest absolute Gasteiger partial charge is 0.251 e. The number of hydrogen-bond donors (Lipinski definition) is 1. The van der Waals surface area contributed by atoms with Crippen LogP contribution in [0.5, 0.6) is 0 Å². The highest BCUT2D eigenvalue weighted by atomic mass is 16.2. The van der Waals surface area contributed by atoms with Crippen molar-refractivity contribution in [2.24, 2.45) is 13.0 Å². The number of rotatable bonds is 5. The maximum Gasteiger partial charge on any atom is 0.251 e. The lowest BCUT2D eigenvalue weighted by molar-refractivity contribution is -0.141. The number of aryl methyl sites for hydroxylation is 3. The molecular formula is C22H25N5O3. The number of fused-ring (bicyclic) bond motifs is 1. The van der Waals surface area contributed by atoms with Crippen LogP contribution in [-0.4, -0.2) is 44.2 Å². The molecule has 2 aromatic heterocycles. The fraction of sp³-hybridized carbons (Fsp3) is 0.364. The molecule has 156 valence electrons. The van der Waals surface area contributed by atoms with Crippen LogP contribution in [-0.2, 0) is 23.2 Å². The Hall–Kier alpha value is -3.42. The van der Waals surface area contributed by atoms with E-state index in [1.54, 1.807) is 26.4 Å². The molecular weight excluding hydrogens is 382 g/mol. The van der Waals surface area contributed by atoms with Crippen molar-refractivity contribution >= 4 is 28.4 Å². The molecule has 0 atom stereocenters. The fourth-order valence-corrected chi connectivity index (χ4v) is 3.80. The number of carbonyl (C=O) groups excluding carboxylic acids is 2. The van der Waals surface area contributed by atoms with Gasteiger partial charge < -0.3 is 14.8 Å². The van der Waals surface area contributed by atoms with E-state index in [-0.39, 0.29) is 29.7 Å². The lowest BCUT2D eigenvalue weighted by atomic mass is 9.98. The number of benzene rings is 1. The summed E-state index contributed by atoms with van der Waals surface area (Å²) < 4.78 is 3.35. The molecule has 3 heterocycles. The van der Waals surface area contributed by atoms with Gasteiger partial charge in [0.15, 0.2) is 0 Å². The van der Waals surface area contributed by atoms with Crippen LogP contribution in [0.15, 0.2) is 41.3 Å². The number of anilines is 1. The summed E-state index contributed by atoms with van der Waals surface area (Å²) in [6.45, 7) is 4.91. The lowest BCUT2D eigenvalue weighted by Gasteiger charge is -2.38. The first-order chi connectivity index (χ1) is 14.3. The average Bonchev–Trinajstić information content (AvgIpc) is 2.98. The van der Waals surface area contributed by atoms with Gasteiger partial charge in [-0.25, -0.2) is 0 Å². The predicted octanol–water partition coefficient (Wildman–Crippen LogP) is 1.84. The van der Waals surface area contributed by atoms with Gasteiger partial charge in [0.2, 0.25) is 11.8 Å². The van der Waals surface area contributed by atoms with Gasteiger partial charge in [0.1, 0.15) is 0 Å². The molecule has 1 saturated heterocycles. The molecule has 0 radical (unpaired) electrons. The van der Waals surface area contributed by atoms with Crippen LogP contribution in [0.3, 0.4) is 0 Å². The van der Waals surface area contributed by atoms with Crippen LogP contribution < -0.4 is 10.9 Å². The van der Waals surface area contributed by atoms with Gasteiger partial charge in [0.05, 0.1) is 29.0 Å². The standard InChI is InChI=1S/C22H25N5O3/c1-14-10-21(29)27(19-7-5-4-6-17(14)19)9-8-20(28)26-12-16(13-26)22(30)24-18-11-23-25(3)15(18)2/h4-7,10-11,16H,8-9,12-13H2,1-3H3,(H,24,30). The number of nitrogens with one attached hydrogen (secondary N) is 1. The predicted molar refractivity (Wildman–Crippen MR) is 114 cm³/mol. The summed E-state index contributed by atoms with van der Waals surface area (Å²) in [7, 11) is 1.82. The van der Waals surface area contributed by atoms with E-state index in [0.717, 1.165) is 22.2 Å². The second kappa shape index (κ2) is 7.78. The van der Waals surface area contributed by atoms with E-state index in [9.17, 15) is 14.4 Å². The average molecular weight is 407 g/mol. The van der Waals surface area contributed by atoms with E-state index in [4.69, 9.17) is 0 Å². The summed E-state index contributed by atoms with van der Waals surface area (Å²) in [4.78, 5) is 39.1. The van der Waals surface area contributed by atoms with Crippen molar-refractivity contribution < 1.29 is 9.59 Å². The molecule has 0 spiro atoms. The van der Waals surface area contributed by atoms with E-state index in [0.29, 0.717) is 25.3 Å². The molecule has 1 aromatic carbocycles. The third-order valence-electron chi connectivity index (χ3n) is 5.87. The van der Waals surface area contributed by atoms with Gasteiger partial charge in [-0.15, -0.1) is 0 Å². The van der Waals surface area contributed by atoms with Crippen LogP contribution in [0.2, 0.25) is 0 Å². The Bertz CT molecular complexity index is 1190. The minimum atomic E-state index is -0.225. The van der Waals surface area contributed by atoms with E-state index < -0.39 is 0 Å². The number of likely N-dealkylation sites (tertiary alicyclic amines) is 1. The Kier molecular flexibility index (Phi) is 5.15. The highest BCUT2D eigenvalue weighted by molar-refractivity contribution is 5.95. The van der Waals surface area contributed by atoms with Gasteiger partial charge in [-0.05, 0) is 25.5 Å². The monoisotopic (exact) mass is 407 g/mol.